The molecule has 2 heterocycles. The van der Waals surface area contributed by atoms with E-state index in [2.05, 4.69) is 11.1 Å². The van der Waals surface area contributed by atoms with Crippen LogP contribution in [-0.4, -0.2) is 48.0 Å². The van der Waals surface area contributed by atoms with E-state index in [1.54, 1.807) is 0 Å². The number of aromatic nitrogens is 1. The Balaban J connectivity index is 1.56. The molecule has 2 N–H and O–H groups in total. The number of primary amides is 1. The van der Waals surface area contributed by atoms with Crippen molar-refractivity contribution in [3.8, 4) is 22.3 Å². The van der Waals surface area contributed by atoms with Crippen LogP contribution in [0.25, 0.3) is 22.3 Å². The van der Waals surface area contributed by atoms with Gasteiger partial charge in [0, 0.05) is 41.7 Å². The van der Waals surface area contributed by atoms with Crippen molar-refractivity contribution in [3.63, 3.8) is 0 Å². The Morgan fingerprint density at radius 3 is 2.52 bits per heavy atom. The maximum absolute atomic E-state index is 12.9. The maximum atomic E-state index is 12.9. The molecule has 2 aromatic carbocycles. The standard InChI is InChI=1S/C25H23N3O3/c1-15-2-3-17(14-27-15)18-11-21-20-5-4-16(25(30)28-6-8-31-9-7-28)10-19(20)13-22(21)23(12-18)24(26)29/h2-5,10-12,14H,6-9,13H2,1H3,(H2,26,29). The molecule has 1 aliphatic carbocycles. The molecule has 0 unspecified atom stereocenters. The van der Waals surface area contributed by atoms with Gasteiger partial charge in [-0.1, -0.05) is 12.1 Å². The maximum Gasteiger partial charge on any atom is 0.254 e. The molecule has 6 nitrogen and oxygen atoms in total. The first kappa shape index (κ1) is 19.5. The number of hydrogen-bond acceptors (Lipinski definition) is 4. The summed E-state index contributed by atoms with van der Waals surface area (Å²) in [5, 5.41) is 0. The SMILES string of the molecule is Cc1ccc(-c2cc(C(N)=O)c3c(c2)-c2ccc(C(=O)N4CCOCC4)cc2C3)cn1. The quantitative estimate of drug-likeness (QED) is 0.559. The van der Waals surface area contributed by atoms with Crippen molar-refractivity contribution in [1.82, 2.24) is 9.88 Å². The fraction of sp³-hybridized carbons (Fsp3) is 0.240. The van der Waals surface area contributed by atoms with Crippen molar-refractivity contribution in [1.29, 1.82) is 0 Å². The molecule has 1 saturated heterocycles. The summed E-state index contributed by atoms with van der Waals surface area (Å²) in [6.45, 7) is 4.29. The topological polar surface area (TPSA) is 85.5 Å². The average Bonchev–Trinajstić information content (AvgIpc) is 3.16. The van der Waals surface area contributed by atoms with Crippen molar-refractivity contribution in [3.05, 3.63) is 76.6 Å². The molecule has 1 fully saturated rings. The van der Waals surface area contributed by atoms with E-state index in [1.165, 1.54) is 0 Å². The van der Waals surface area contributed by atoms with Crippen molar-refractivity contribution in [2.24, 2.45) is 5.73 Å². The summed E-state index contributed by atoms with van der Waals surface area (Å²) in [7, 11) is 0. The molecule has 5 rings (SSSR count). The summed E-state index contributed by atoms with van der Waals surface area (Å²) in [6, 6.07) is 13.7. The van der Waals surface area contributed by atoms with Gasteiger partial charge in [-0.2, -0.15) is 0 Å². The molecule has 156 valence electrons. The summed E-state index contributed by atoms with van der Waals surface area (Å²) in [6.07, 6.45) is 2.39. The van der Waals surface area contributed by atoms with Gasteiger partial charge in [0.05, 0.1) is 13.2 Å². The largest absolute Gasteiger partial charge is 0.378 e. The van der Waals surface area contributed by atoms with Crippen LogP contribution < -0.4 is 5.73 Å². The molecule has 1 aromatic heterocycles. The number of hydrogen-bond donors (Lipinski definition) is 1. The number of amides is 2. The molecule has 0 radical (unpaired) electrons. The third-order valence-corrected chi connectivity index (χ3v) is 6.07. The molecule has 31 heavy (non-hydrogen) atoms. The molecular weight excluding hydrogens is 390 g/mol. The first-order chi connectivity index (χ1) is 15.0. The van der Waals surface area contributed by atoms with E-state index in [-0.39, 0.29) is 5.91 Å². The fourth-order valence-electron chi connectivity index (χ4n) is 4.40. The van der Waals surface area contributed by atoms with E-state index in [0.29, 0.717) is 43.9 Å². The number of ether oxygens (including phenoxy) is 1. The van der Waals surface area contributed by atoms with E-state index in [9.17, 15) is 9.59 Å². The van der Waals surface area contributed by atoms with Gasteiger partial charge >= 0.3 is 0 Å². The fourth-order valence-corrected chi connectivity index (χ4v) is 4.40. The zero-order chi connectivity index (χ0) is 21.5. The molecule has 0 saturated carbocycles. The summed E-state index contributed by atoms with van der Waals surface area (Å²) in [5.41, 5.74) is 13.7. The lowest BCUT2D eigenvalue weighted by Crippen LogP contribution is -2.40. The van der Waals surface area contributed by atoms with Crippen LogP contribution in [0.2, 0.25) is 0 Å². The summed E-state index contributed by atoms with van der Waals surface area (Å²) in [5.74, 6) is -0.431. The van der Waals surface area contributed by atoms with E-state index in [4.69, 9.17) is 10.5 Å². The highest BCUT2D eigenvalue weighted by atomic mass is 16.5. The molecule has 3 aromatic rings. The predicted octanol–water partition coefficient (Wildman–Crippen LogP) is 3.20. The van der Waals surface area contributed by atoms with Gasteiger partial charge in [-0.3, -0.25) is 14.6 Å². The highest BCUT2D eigenvalue weighted by Crippen LogP contribution is 2.41. The Bertz CT molecular complexity index is 1200. The minimum atomic E-state index is -0.449. The second-order valence-corrected chi connectivity index (χ2v) is 8.06. The van der Waals surface area contributed by atoms with Crippen molar-refractivity contribution in [2.75, 3.05) is 26.3 Å². The number of rotatable bonds is 3. The number of carbonyl (C=O) groups is 2. The van der Waals surface area contributed by atoms with Gasteiger partial charge < -0.3 is 15.4 Å². The van der Waals surface area contributed by atoms with Gasteiger partial charge in [-0.15, -0.1) is 0 Å². The van der Waals surface area contributed by atoms with Crippen LogP contribution in [0.1, 0.15) is 37.5 Å². The lowest BCUT2D eigenvalue weighted by molar-refractivity contribution is 0.0303. The number of nitrogens with zero attached hydrogens (tertiary/aromatic N) is 2. The van der Waals surface area contributed by atoms with Gasteiger partial charge in [0.25, 0.3) is 5.91 Å². The molecule has 0 atom stereocenters. The molecule has 2 amide bonds. The van der Waals surface area contributed by atoms with E-state index in [0.717, 1.165) is 39.1 Å². The number of pyridine rings is 1. The number of benzene rings is 2. The van der Waals surface area contributed by atoms with Crippen LogP contribution in [0.3, 0.4) is 0 Å². The summed E-state index contributed by atoms with van der Waals surface area (Å²) >= 11 is 0. The molecule has 2 aliphatic rings. The Hall–Kier alpha value is -3.51. The van der Waals surface area contributed by atoms with Gasteiger partial charge in [-0.25, -0.2) is 0 Å². The second kappa shape index (κ2) is 7.63. The third-order valence-electron chi connectivity index (χ3n) is 6.07. The Labute approximate surface area is 180 Å². The van der Waals surface area contributed by atoms with Crippen LogP contribution in [-0.2, 0) is 11.2 Å². The van der Waals surface area contributed by atoms with Crippen LogP contribution >= 0.6 is 0 Å². The first-order valence-electron chi connectivity index (χ1n) is 10.4. The Morgan fingerprint density at radius 1 is 1.00 bits per heavy atom. The van der Waals surface area contributed by atoms with Crippen LogP contribution in [0.15, 0.2) is 48.7 Å². The van der Waals surface area contributed by atoms with Crippen LogP contribution in [0.5, 0.6) is 0 Å². The number of carbonyl (C=O) groups excluding carboxylic acids is 2. The smallest absolute Gasteiger partial charge is 0.254 e. The zero-order valence-corrected chi connectivity index (χ0v) is 17.4. The molecular formula is C25H23N3O3. The molecule has 0 bridgehead atoms. The highest BCUT2D eigenvalue weighted by molar-refractivity contribution is 6.01. The monoisotopic (exact) mass is 413 g/mol. The van der Waals surface area contributed by atoms with E-state index >= 15 is 0 Å². The third kappa shape index (κ3) is 3.49. The summed E-state index contributed by atoms with van der Waals surface area (Å²) in [4.78, 5) is 31.4. The zero-order valence-electron chi connectivity index (χ0n) is 17.4. The second-order valence-electron chi connectivity index (χ2n) is 8.06. The van der Waals surface area contributed by atoms with Gasteiger partial charge in [-0.05, 0) is 71.5 Å². The molecule has 6 heteroatoms. The van der Waals surface area contributed by atoms with Gasteiger partial charge in [0.15, 0.2) is 0 Å². The van der Waals surface area contributed by atoms with Crippen molar-refractivity contribution < 1.29 is 14.3 Å². The van der Waals surface area contributed by atoms with Crippen molar-refractivity contribution in [2.45, 2.75) is 13.3 Å². The normalized spacial score (nSPS) is 14.8. The van der Waals surface area contributed by atoms with E-state index < -0.39 is 5.91 Å². The lowest BCUT2D eigenvalue weighted by atomic mass is 9.94. The summed E-state index contributed by atoms with van der Waals surface area (Å²) < 4.78 is 5.35. The minimum absolute atomic E-state index is 0.0172. The number of morpholine rings is 1. The Kier molecular flexibility index (Phi) is 4.79. The minimum Gasteiger partial charge on any atom is -0.378 e. The predicted molar refractivity (Wildman–Crippen MR) is 118 cm³/mol. The van der Waals surface area contributed by atoms with Gasteiger partial charge in [0.2, 0.25) is 5.91 Å². The van der Waals surface area contributed by atoms with Crippen LogP contribution in [0.4, 0.5) is 0 Å². The first-order valence-corrected chi connectivity index (χ1v) is 10.4. The lowest BCUT2D eigenvalue weighted by Gasteiger charge is -2.27. The van der Waals surface area contributed by atoms with Crippen LogP contribution in [0, 0.1) is 6.92 Å². The Morgan fingerprint density at radius 2 is 1.81 bits per heavy atom. The number of aryl methyl sites for hydroxylation is 1. The molecule has 0 spiro atoms. The number of fused-ring (bicyclic) bond motifs is 3. The highest BCUT2D eigenvalue weighted by Gasteiger charge is 2.26. The van der Waals surface area contributed by atoms with Crippen molar-refractivity contribution >= 4 is 11.8 Å². The number of nitrogens with two attached hydrogens (primary N) is 1. The van der Waals surface area contributed by atoms with E-state index in [1.807, 2.05) is 54.4 Å². The average molecular weight is 413 g/mol. The molecule has 1 aliphatic heterocycles. The van der Waals surface area contributed by atoms with Gasteiger partial charge in [0.1, 0.15) is 0 Å².